The van der Waals surface area contributed by atoms with E-state index in [4.69, 9.17) is 5.73 Å². The van der Waals surface area contributed by atoms with Gasteiger partial charge in [0, 0.05) is 18.9 Å². The number of amides is 1. The zero-order chi connectivity index (χ0) is 18.6. The molecule has 0 saturated heterocycles. The van der Waals surface area contributed by atoms with Crippen LogP contribution in [0.15, 0.2) is 18.6 Å². The normalized spacial score (nSPS) is 11.6. The minimum atomic E-state index is -0.556. The van der Waals surface area contributed by atoms with Crippen molar-refractivity contribution in [2.75, 3.05) is 17.2 Å². The minimum absolute atomic E-state index is 0.111. The molecule has 1 amide bonds. The summed E-state index contributed by atoms with van der Waals surface area (Å²) < 4.78 is 1.86. The molecule has 0 spiro atoms. The summed E-state index contributed by atoms with van der Waals surface area (Å²) in [5.74, 6) is 0.811. The molecule has 0 fully saturated rings. The molecular weight excluding hydrogens is 318 g/mol. The Morgan fingerprint density at radius 3 is 2.60 bits per heavy atom. The fraction of sp³-hybridized carbons (Fsp3) is 0.529. The van der Waals surface area contributed by atoms with E-state index in [0.29, 0.717) is 24.2 Å². The summed E-state index contributed by atoms with van der Waals surface area (Å²) in [6.45, 7) is 11.2. The number of aromatic nitrogens is 4. The third-order valence-electron chi connectivity index (χ3n) is 3.59. The number of hydrogen-bond donors (Lipinski definition) is 3. The first-order valence-corrected chi connectivity index (χ1v) is 8.39. The highest BCUT2D eigenvalue weighted by Crippen LogP contribution is 2.20. The minimum Gasteiger partial charge on any atom is -0.369 e. The van der Waals surface area contributed by atoms with Crippen LogP contribution in [0.4, 0.5) is 17.5 Å². The molecular formula is C17H27N7O. The second kappa shape index (κ2) is 7.50. The second-order valence-corrected chi connectivity index (χ2v) is 7.40. The van der Waals surface area contributed by atoms with Crippen molar-refractivity contribution in [2.24, 2.45) is 11.7 Å². The molecule has 0 unspecified atom stereocenters. The Hall–Kier alpha value is -2.64. The number of carbonyl (C=O) groups excluding carboxylic acids is 1. The van der Waals surface area contributed by atoms with Crippen molar-refractivity contribution < 1.29 is 4.79 Å². The van der Waals surface area contributed by atoms with Gasteiger partial charge in [0.25, 0.3) is 5.91 Å². The van der Waals surface area contributed by atoms with E-state index in [1.807, 2.05) is 10.9 Å². The number of primary amides is 1. The second-order valence-electron chi connectivity index (χ2n) is 7.40. The van der Waals surface area contributed by atoms with Gasteiger partial charge >= 0.3 is 0 Å². The largest absolute Gasteiger partial charge is 0.369 e. The molecule has 136 valence electrons. The number of nitrogens with two attached hydrogens (primary N) is 1. The summed E-state index contributed by atoms with van der Waals surface area (Å²) in [6, 6.07) is 0. The Balaban J connectivity index is 2.18. The maximum absolute atomic E-state index is 11.6. The smallest absolute Gasteiger partial charge is 0.254 e. The number of nitrogens with one attached hydrogen (secondary N) is 2. The van der Waals surface area contributed by atoms with Crippen molar-refractivity contribution in [1.82, 2.24) is 19.7 Å². The molecule has 0 radical (unpaired) electrons. The first-order valence-electron chi connectivity index (χ1n) is 8.39. The molecule has 0 aromatic carbocycles. The average Bonchev–Trinajstić information content (AvgIpc) is 2.95. The summed E-state index contributed by atoms with van der Waals surface area (Å²) in [6.07, 6.45) is 5.99. The molecule has 0 saturated carbocycles. The number of rotatable bonds is 7. The van der Waals surface area contributed by atoms with Crippen molar-refractivity contribution in [3.8, 4) is 0 Å². The molecule has 0 bridgehead atoms. The molecule has 25 heavy (non-hydrogen) atoms. The van der Waals surface area contributed by atoms with Gasteiger partial charge in [-0.15, -0.1) is 0 Å². The van der Waals surface area contributed by atoms with Gasteiger partial charge in [0.1, 0.15) is 5.82 Å². The zero-order valence-corrected chi connectivity index (χ0v) is 15.5. The Morgan fingerprint density at radius 2 is 2.04 bits per heavy atom. The van der Waals surface area contributed by atoms with Crippen LogP contribution in [-0.2, 0) is 5.54 Å². The van der Waals surface area contributed by atoms with Gasteiger partial charge in [0.2, 0.25) is 5.95 Å². The first kappa shape index (κ1) is 18.7. The lowest BCUT2D eigenvalue weighted by Crippen LogP contribution is -2.21. The van der Waals surface area contributed by atoms with E-state index in [2.05, 4.69) is 60.3 Å². The summed E-state index contributed by atoms with van der Waals surface area (Å²) in [5, 5.41) is 10.6. The van der Waals surface area contributed by atoms with Crippen molar-refractivity contribution in [2.45, 2.75) is 46.6 Å². The molecule has 0 aliphatic heterocycles. The fourth-order valence-corrected chi connectivity index (χ4v) is 2.12. The van der Waals surface area contributed by atoms with Crippen molar-refractivity contribution in [3.63, 3.8) is 0 Å². The van der Waals surface area contributed by atoms with Crippen LogP contribution < -0.4 is 16.4 Å². The van der Waals surface area contributed by atoms with Gasteiger partial charge in [-0.05, 0) is 33.1 Å². The molecule has 2 aromatic heterocycles. The highest BCUT2D eigenvalue weighted by atomic mass is 16.1. The van der Waals surface area contributed by atoms with Gasteiger partial charge in [-0.25, -0.2) is 4.98 Å². The van der Waals surface area contributed by atoms with Crippen LogP contribution >= 0.6 is 0 Å². The first-order chi connectivity index (χ1) is 11.7. The molecule has 2 aromatic rings. The Labute approximate surface area is 148 Å². The van der Waals surface area contributed by atoms with Gasteiger partial charge in [-0.3, -0.25) is 9.48 Å². The monoisotopic (exact) mass is 345 g/mol. The number of carbonyl (C=O) groups is 1. The average molecular weight is 345 g/mol. The molecule has 2 heterocycles. The predicted octanol–water partition coefficient (Wildman–Crippen LogP) is 2.73. The van der Waals surface area contributed by atoms with E-state index in [-0.39, 0.29) is 11.1 Å². The number of anilines is 3. The van der Waals surface area contributed by atoms with Crippen LogP contribution in [0.2, 0.25) is 0 Å². The highest BCUT2D eigenvalue weighted by Gasteiger charge is 2.15. The van der Waals surface area contributed by atoms with Gasteiger partial charge in [-0.1, -0.05) is 13.8 Å². The molecule has 4 N–H and O–H groups in total. The predicted molar refractivity (Wildman–Crippen MR) is 99.0 cm³/mol. The molecule has 2 rings (SSSR count). The summed E-state index contributed by atoms with van der Waals surface area (Å²) >= 11 is 0. The number of hydrogen-bond acceptors (Lipinski definition) is 6. The van der Waals surface area contributed by atoms with Crippen LogP contribution in [0.25, 0.3) is 0 Å². The quantitative estimate of drug-likeness (QED) is 0.711. The molecule has 0 aliphatic carbocycles. The molecule has 8 heteroatoms. The van der Waals surface area contributed by atoms with E-state index in [1.165, 1.54) is 6.20 Å². The Kier molecular flexibility index (Phi) is 5.61. The van der Waals surface area contributed by atoms with Crippen LogP contribution in [0.5, 0.6) is 0 Å². The summed E-state index contributed by atoms with van der Waals surface area (Å²) in [5.41, 5.74) is 6.35. The van der Waals surface area contributed by atoms with Gasteiger partial charge in [0.15, 0.2) is 0 Å². The highest BCUT2D eigenvalue weighted by molar-refractivity contribution is 5.97. The van der Waals surface area contributed by atoms with Crippen LogP contribution in [0.3, 0.4) is 0 Å². The van der Waals surface area contributed by atoms with Gasteiger partial charge in [-0.2, -0.15) is 10.1 Å². The van der Waals surface area contributed by atoms with Crippen molar-refractivity contribution in [3.05, 3.63) is 24.2 Å². The van der Waals surface area contributed by atoms with E-state index < -0.39 is 5.91 Å². The Bertz CT molecular complexity index is 731. The standard InChI is InChI=1S/C17H27N7O/c1-11(2)6-7-19-15-13(14(18)25)9-20-16(23-15)22-12-8-21-24(10-12)17(3,4)5/h8-11H,6-7H2,1-5H3,(H2,18,25)(H2,19,20,22,23). The maximum atomic E-state index is 11.6. The van der Waals surface area contributed by atoms with Crippen molar-refractivity contribution >= 4 is 23.4 Å². The van der Waals surface area contributed by atoms with E-state index in [9.17, 15) is 4.79 Å². The lowest BCUT2D eigenvalue weighted by atomic mass is 10.1. The topological polar surface area (TPSA) is 111 Å². The maximum Gasteiger partial charge on any atom is 0.254 e. The Morgan fingerprint density at radius 1 is 1.32 bits per heavy atom. The van der Waals surface area contributed by atoms with Gasteiger partial charge in [0.05, 0.1) is 23.0 Å². The third kappa shape index (κ3) is 5.17. The van der Waals surface area contributed by atoms with Crippen LogP contribution in [0.1, 0.15) is 51.4 Å². The summed E-state index contributed by atoms with van der Waals surface area (Å²) in [7, 11) is 0. The molecule has 8 nitrogen and oxygen atoms in total. The third-order valence-corrected chi connectivity index (χ3v) is 3.59. The number of nitrogens with zero attached hydrogens (tertiary/aromatic N) is 4. The van der Waals surface area contributed by atoms with E-state index in [0.717, 1.165) is 12.1 Å². The lowest BCUT2D eigenvalue weighted by molar-refractivity contribution is 0.100. The van der Waals surface area contributed by atoms with Crippen LogP contribution in [0, 0.1) is 5.92 Å². The van der Waals surface area contributed by atoms with Gasteiger partial charge < -0.3 is 16.4 Å². The van der Waals surface area contributed by atoms with E-state index in [1.54, 1.807) is 6.20 Å². The van der Waals surface area contributed by atoms with Crippen LogP contribution in [-0.4, -0.2) is 32.2 Å². The lowest BCUT2D eigenvalue weighted by Gasteiger charge is -2.18. The molecule has 0 aliphatic rings. The fourth-order valence-electron chi connectivity index (χ4n) is 2.12. The SMILES string of the molecule is CC(C)CCNc1nc(Nc2cnn(C(C)(C)C)c2)ncc1C(N)=O. The summed E-state index contributed by atoms with van der Waals surface area (Å²) in [4.78, 5) is 20.1. The molecule has 0 atom stereocenters. The zero-order valence-electron chi connectivity index (χ0n) is 15.5. The van der Waals surface area contributed by atoms with Crippen molar-refractivity contribution in [1.29, 1.82) is 0 Å². The van der Waals surface area contributed by atoms with E-state index >= 15 is 0 Å².